The highest BCUT2D eigenvalue weighted by Crippen LogP contribution is 2.26. The van der Waals surface area contributed by atoms with E-state index in [9.17, 15) is 9.50 Å². The van der Waals surface area contributed by atoms with E-state index in [2.05, 4.69) is 24.9 Å². The number of pyridine rings is 1. The summed E-state index contributed by atoms with van der Waals surface area (Å²) in [6.07, 6.45) is 12.7. The van der Waals surface area contributed by atoms with E-state index in [1.54, 1.807) is 42.6 Å². The van der Waals surface area contributed by atoms with Crippen LogP contribution in [0.1, 0.15) is 57.9 Å². The van der Waals surface area contributed by atoms with E-state index in [1.807, 2.05) is 24.3 Å². The summed E-state index contributed by atoms with van der Waals surface area (Å²) in [6.45, 7) is 5.19. The minimum Gasteiger partial charge on any atom is -0.508 e. The molecular formula is C29H34FNO2. The van der Waals surface area contributed by atoms with Gasteiger partial charge in [0.2, 0.25) is 0 Å². The maximum absolute atomic E-state index is 14.8. The highest BCUT2D eigenvalue weighted by Gasteiger charge is 2.07. The lowest BCUT2D eigenvalue weighted by molar-refractivity contribution is 0.0566. The van der Waals surface area contributed by atoms with Crippen LogP contribution >= 0.6 is 0 Å². The van der Waals surface area contributed by atoms with E-state index in [0.717, 1.165) is 54.7 Å². The summed E-state index contributed by atoms with van der Waals surface area (Å²) in [5, 5.41) is 9.42. The molecule has 1 N–H and O–H groups in total. The van der Waals surface area contributed by atoms with Gasteiger partial charge in [-0.3, -0.25) is 4.98 Å². The van der Waals surface area contributed by atoms with Crippen LogP contribution in [0.25, 0.3) is 28.5 Å². The molecule has 0 aliphatic heterocycles. The lowest BCUT2D eigenvalue weighted by Gasteiger charge is -2.12. The molecule has 0 fully saturated rings. The van der Waals surface area contributed by atoms with E-state index >= 15 is 0 Å². The predicted molar refractivity (Wildman–Crippen MR) is 135 cm³/mol. The fourth-order valence-corrected chi connectivity index (χ4v) is 3.69. The summed E-state index contributed by atoms with van der Waals surface area (Å²) in [7, 11) is 0. The molecule has 174 valence electrons. The maximum atomic E-state index is 14.8. The minimum absolute atomic E-state index is 0.216. The standard InChI is InChI=1S/C29H34FNO2/c1-3-4-8-19-33-22(2)9-6-5-7-10-23-11-17-27(28(30)20-23)25-14-18-29(31-21-25)24-12-15-26(32)16-13-24/h7,10-18,20-22,32H,3-6,8-9,19H2,1-2H3/b10-7+. The Labute approximate surface area is 197 Å². The number of unbranched alkanes of at least 4 members (excludes halogenated alkanes) is 3. The van der Waals surface area contributed by atoms with Crippen molar-refractivity contribution in [3.8, 4) is 28.1 Å². The molecule has 4 heteroatoms. The van der Waals surface area contributed by atoms with Gasteiger partial charge in [-0.05, 0) is 74.6 Å². The zero-order valence-corrected chi connectivity index (χ0v) is 19.6. The van der Waals surface area contributed by atoms with Crippen LogP contribution in [0.5, 0.6) is 5.75 Å². The summed E-state index contributed by atoms with van der Waals surface area (Å²) in [6, 6.07) is 15.9. The average Bonchev–Trinajstić information content (AvgIpc) is 2.82. The van der Waals surface area contributed by atoms with Crippen LogP contribution in [0.3, 0.4) is 0 Å². The van der Waals surface area contributed by atoms with Gasteiger partial charge in [-0.2, -0.15) is 0 Å². The fourth-order valence-electron chi connectivity index (χ4n) is 3.69. The molecule has 0 saturated heterocycles. The molecule has 0 saturated carbocycles. The van der Waals surface area contributed by atoms with Gasteiger partial charge in [0, 0.05) is 29.5 Å². The monoisotopic (exact) mass is 447 g/mol. The summed E-state index contributed by atoms with van der Waals surface area (Å²) >= 11 is 0. The van der Waals surface area contributed by atoms with Gasteiger partial charge in [0.25, 0.3) is 0 Å². The van der Waals surface area contributed by atoms with Crippen molar-refractivity contribution in [2.75, 3.05) is 6.61 Å². The SMILES string of the molecule is CCCCCOC(C)CCC/C=C/c1ccc(-c2ccc(-c3ccc(O)cc3)nc2)c(F)c1. The Morgan fingerprint density at radius 2 is 1.79 bits per heavy atom. The van der Waals surface area contributed by atoms with Crippen molar-refractivity contribution >= 4 is 6.08 Å². The Kier molecular flexibility index (Phi) is 9.64. The van der Waals surface area contributed by atoms with Crippen LogP contribution in [-0.2, 0) is 4.74 Å². The molecule has 0 amide bonds. The Morgan fingerprint density at radius 3 is 2.48 bits per heavy atom. The van der Waals surface area contributed by atoms with Crippen molar-refractivity contribution in [3.05, 3.63) is 78.3 Å². The summed E-state index contributed by atoms with van der Waals surface area (Å²) < 4.78 is 20.6. The molecule has 3 rings (SSSR count). The first-order valence-corrected chi connectivity index (χ1v) is 11.9. The van der Waals surface area contributed by atoms with Gasteiger partial charge in [0.15, 0.2) is 0 Å². The second kappa shape index (κ2) is 12.9. The van der Waals surface area contributed by atoms with Crippen LogP contribution < -0.4 is 0 Å². The Bertz CT molecular complexity index is 1010. The molecule has 33 heavy (non-hydrogen) atoms. The first-order valence-electron chi connectivity index (χ1n) is 11.9. The highest BCUT2D eigenvalue weighted by molar-refractivity contribution is 5.69. The molecule has 0 radical (unpaired) electrons. The van der Waals surface area contributed by atoms with Crippen LogP contribution in [-0.4, -0.2) is 22.8 Å². The van der Waals surface area contributed by atoms with Crippen molar-refractivity contribution in [2.24, 2.45) is 0 Å². The fraction of sp³-hybridized carbons (Fsp3) is 0.345. The summed E-state index contributed by atoms with van der Waals surface area (Å²) in [4.78, 5) is 4.46. The van der Waals surface area contributed by atoms with E-state index in [-0.39, 0.29) is 11.6 Å². The van der Waals surface area contributed by atoms with Crippen molar-refractivity contribution in [2.45, 2.75) is 58.5 Å². The first kappa shape index (κ1) is 24.7. The number of ether oxygens (including phenoxy) is 1. The number of hydrogen-bond donors (Lipinski definition) is 1. The third-order valence-corrected chi connectivity index (χ3v) is 5.67. The Hall–Kier alpha value is -2.98. The average molecular weight is 448 g/mol. The molecular weight excluding hydrogens is 413 g/mol. The molecule has 0 aliphatic rings. The molecule has 1 atom stereocenters. The van der Waals surface area contributed by atoms with Gasteiger partial charge < -0.3 is 9.84 Å². The quantitative estimate of drug-likeness (QED) is 0.286. The second-order valence-corrected chi connectivity index (χ2v) is 8.44. The number of benzene rings is 2. The molecule has 1 unspecified atom stereocenters. The number of hydrogen-bond acceptors (Lipinski definition) is 3. The van der Waals surface area contributed by atoms with Gasteiger partial charge in [-0.15, -0.1) is 0 Å². The largest absolute Gasteiger partial charge is 0.508 e. The predicted octanol–water partition coefficient (Wildman–Crippen LogP) is 8.04. The van der Waals surface area contributed by atoms with E-state index < -0.39 is 0 Å². The summed E-state index contributed by atoms with van der Waals surface area (Å²) in [5.41, 5.74) is 3.80. The smallest absolute Gasteiger partial charge is 0.131 e. The van der Waals surface area contributed by atoms with Gasteiger partial charge in [0.1, 0.15) is 11.6 Å². The van der Waals surface area contributed by atoms with E-state index in [4.69, 9.17) is 4.74 Å². The zero-order chi connectivity index (χ0) is 23.5. The third-order valence-electron chi connectivity index (χ3n) is 5.67. The van der Waals surface area contributed by atoms with Crippen LogP contribution in [0, 0.1) is 5.82 Å². The highest BCUT2D eigenvalue weighted by atomic mass is 19.1. The lowest BCUT2D eigenvalue weighted by atomic mass is 10.0. The van der Waals surface area contributed by atoms with Crippen LogP contribution in [0.4, 0.5) is 4.39 Å². The number of phenolic OH excluding ortho intramolecular Hbond substituents is 1. The zero-order valence-electron chi connectivity index (χ0n) is 19.6. The third kappa shape index (κ3) is 7.83. The van der Waals surface area contributed by atoms with E-state index in [0.29, 0.717) is 11.7 Å². The summed E-state index contributed by atoms with van der Waals surface area (Å²) in [5.74, 6) is -0.0432. The number of aromatic nitrogens is 1. The molecule has 1 heterocycles. The first-order chi connectivity index (χ1) is 16.1. The number of phenols is 1. The van der Waals surface area contributed by atoms with Gasteiger partial charge in [-0.1, -0.05) is 50.1 Å². The normalized spacial score (nSPS) is 12.3. The number of aromatic hydroxyl groups is 1. The molecule has 2 aromatic carbocycles. The number of halogens is 1. The Morgan fingerprint density at radius 1 is 1.00 bits per heavy atom. The van der Waals surface area contributed by atoms with Gasteiger partial charge in [0.05, 0.1) is 11.8 Å². The maximum Gasteiger partial charge on any atom is 0.131 e. The lowest BCUT2D eigenvalue weighted by Crippen LogP contribution is -2.08. The van der Waals surface area contributed by atoms with Crippen LogP contribution in [0.15, 0.2) is 66.9 Å². The molecule has 0 spiro atoms. The minimum atomic E-state index is -0.259. The van der Waals surface area contributed by atoms with Crippen LogP contribution in [0.2, 0.25) is 0 Å². The van der Waals surface area contributed by atoms with Crippen molar-refractivity contribution in [3.63, 3.8) is 0 Å². The van der Waals surface area contributed by atoms with Gasteiger partial charge >= 0.3 is 0 Å². The van der Waals surface area contributed by atoms with Crippen molar-refractivity contribution < 1.29 is 14.2 Å². The van der Waals surface area contributed by atoms with Crippen molar-refractivity contribution in [1.29, 1.82) is 0 Å². The molecule has 1 aromatic heterocycles. The van der Waals surface area contributed by atoms with Crippen molar-refractivity contribution in [1.82, 2.24) is 4.98 Å². The van der Waals surface area contributed by atoms with E-state index in [1.165, 1.54) is 12.8 Å². The van der Waals surface area contributed by atoms with Gasteiger partial charge in [-0.25, -0.2) is 4.39 Å². The number of allylic oxidation sites excluding steroid dienone is 1. The second-order valence-electron chi connectivity index (χ2n) is 8.44. The molecule has 3 aromatic rings. The number of nitrogens with zero attached hydrogens (tertiary/aromatic N) is 1. The molecule has 0 aliphatic carbocycles. The Balaban J connectivity index is 1.51. The topological polar surface area (TPSA) is 42.4 Å². The molecule has 3 nitrogen and oxygen atoms in total. The number of rotatable bonds is 12. The molecule has 0 bridgehead atoms.